The summed E-state index contributed by atoms with van der Waals surface area (Å²) in [5.74, 6) is -0.425. The molecule has 0 fully saturated rings. The van der Waals surface area contributed by atoms with E-state index in [0.29, 0.717) is 5.56 Å². The maximum Gasteiger partial charge on any atom is 0.573 e. The molecule has 1 aromatic carbocycles. The number of halogens is 3. The molecule has 1 amide bonds. The highest BCUT2D eigenvalue weighted by Crippen LogP contribution is 2.28. The quantitative estimate of drug-likeness (QED) is 0.891. The smallest absolute Gasteiger partial charge is 0.444 e. The fourth-order valence-corrected chi connectivity index (χ4v) is 1.63. The van der Waals surface area contributed by atoms with E-state index in [2.05, 4.69) is 10.1 Å². The van der Waals surface area contributed by atoms with Crippen LogP contribution in [0.25, 0.3) is 0 Å². The molecule has 124 valence electrons. The largest absolute Gasteiger partial charge is 0.573 e. The highest BCUT2D eigenvalue weighted by atomic mass is 19.4. The molecule has 2 N–H and O–H groups in total. The highest BCUT2D eigenvalue weighted by molar-refractivity contribution is 5.86. The van der Waals surface area contributed by atoms with Crippen LogP contribution in [0, 0.1) is 0 Å². The summed E-state index contributed by atoms with van der Waals surface area (Å²) < 4.78 is 45.4. The zero-order valence-corrected chi connectivity index (χ0v) is 12.5. The lowest BCUT2D eigenvalue weighted by atomic mass is 10.1. The molecule has 0 radical (unpaired) electrons. The molecule has 0 atom stereocenters. The Kier molecular flexibility index (Phi) is 5.65. The van der Waals surface area contributed by atoms with Crippen molar-refractivity contribution in [3.8, 4) is 5.75 Å². The molecule has 5 nitrogen and oxygen atoms in total. The predicted molar refractivity (Wildman–Crippen MR) is 73.8 cm³/mol. The van der Waals surface area contributed by atoms with E-state index in [1.807, 2.05) is 0 Å². The molecule has 0 aliphatic heterocycles. The standard InChI is InChI=1S/C14H18F3NO4/c1-13(2,3)22-12(20)18-11-5-4-10(21-14(15,16)17)8-9(11)6-7-19/h4-5,8,19H,6-7H2,1-3H3,(H,18,20). The number of hydrogen-bond donors (Lipinski definition) is 2. The summed E-state index contributed by atoms with van der Waals surface area (Å²) in [5.41, 5.74) is -0.159. The van der Waals surface area contributed by atoms with E-state index in [9.17, 15) is 18.0 Å². The third kappa shape index (κ3) is 6.66. The summed E-state index contributed by atoms with van der Waals surface area (Å²) in [4.78, 5) is 11.7. The first-order valence-electron chi connectivity index (χ1n) is 6.50. The lowest BCUT2D eigenvalue weighted by molar-refractivity contribution is -0.274. The van der Waals surface area contributed by atoms with Gasteiger partial charge in [-0.1, -0.05) is 0 Å². The molecular formula is C14H18F3NO4. The molecular weight excluding hydrogens is 303 g/mol. The van der Waals surface area contributed by atoms with Gasteiger partial charge in [-0.3, -0.25) is 5.32 Å². The maximum absolute atomic E-state index is 12.2. The average Bonchev–Trinajstić information content (AvgIpc) is 2.28. The molecule has 8 heteroatoms. The predicted octanol–water partition coefficient (Wildman–Crippen LogP) is 3.47. The second-order valence-corrected chi connectivity index (χ2v) is 5.47. The number of carbonyl (C=O) groups excluding carboxylic acids is 1. The highest BCUT2D eigenvalue weighted by Gasteiger charge is 2.31. The van der Waals surface area contributed by atoms with Gasteiger partial charge in [-0.2, -0.15) is 0 Å². The van der Waals surface area contributed by atoms with Crippen molar-refractivity contribution in [3.05, 3.63) is 23.8 Å². The number of carbonyl (C=O) groups is 1. The molecule has 0 aliphatic carbocycles. The van der Waals surface area contributed by atoms with Crippen LogP contribution >= 0.6 is 0 Å². The summed E-state index contributed by atoms with van der Waals surface area (Å²) in [6, 6.07) is 3.44. The van der Waals surface area contributed by atoms with Crippen molar-refractivity contribution in [1.29, 1.82) is 0 Å². The van der Waals surface area contributed by atoms with Crippen molar-refractivity contribution in [2.45, 2.75) is 39.2 Å². The summed E-state index contributed by atoms with van der Waals surface area (Å²) in [5, 5.41) is 11.4. The first-order valence-corrected chi connectivity index (χ1v) is 6.50. The van der Waals surface area contributed by atoms with Crippen LogP contribution < -0.4 is 10.1 Å². The zero-order valence-electron chi connectivity index (χ0n) is 12.5. The second-order valence-electron chi connectivity index (χ2n) is 5.47. The number of hydrogen-bond acceptors (Lipinski definition) is 4. The average molecular weight is 321 g/mol. The van der Waals surface area contributed by atoms with E-state index in [4.69, 9.17) is 9.84 Å². The molecule has 0 aromatic heterocycles. The van der Waals surface area contributed by atoms with Crippen molar-refractivity contribution in [3.63, 3.8) is 0 Å². The maximum atomic E-state index is 12.2. The zero-order chi connectivity index (χ0) is 17.0. The van der Waals surface area contributed by atoms with Crippen molar-refractivity contribution in [1.82, 2.24) is 0 Å². The minimum atomic E-state index is -4.81. The molecule has 0 unspecified atom stereocenters. The third-order valence-corrected chi connectivity index (χ3v) is 2.33. The van der Waals surface area contributed by atoms with Gasteiger partial charge in [0, 0.05) is 12.3 Å². The molecule has 22 heavy (non-hydrogen) atoms. The van der Waals surface area contributed by atoms with Gasteiger partial charge in [0.15, 0.2) is 0 Å². The van der Waals surface area contributed by atoms with Crippen LogP contribution in [-0.4, -0.2) is 29.8 Å². The van der Waals surface area contributed by atoms with Crippen LogP contribution in [0.2, 0.25) is 0 Å². The van der Waals surface area contributed by atoms with E-state index in [0.717, 1.165) is 12.1 Å². The number of anilines is 1. The van der Waals surface area contributed by atoms with Gasteiger partial charge >= 0.3 is 12.5 Å². The van der Waals surface area contributed by atoms with Crippen LogP contribution in [-0.2, 0) is 11.2 Å². The Morgan fingerprint density at radius 2 is 1.91 bits per heavy atom. The molecule has 0 bridgehead atoms. The number of amides is 1. The van der Waals surface area contributed by atoms with Gasteiger partial charge in [-0.25, -0.2) is 4.79 Å². The Balaban J connectivity index is 2.92. The van der Waals surface area contributed by atoms with Crippen molar-refractivity contribution in [2.75, 3.05) is 11.9 Å². The third-order valence-electron chi connectivity index (χ3n) is 2.33. The normalized spacial score (nSPS) is 12.0. The van der Waals surface area contributed by atoms with Gasteiger partial charge in [-0.05, 0) is 51.0 Å². The molecule has 1 aromatic rings. The van der Waals surface area contributed by atoms with Gasteiger partial charge < -0.3 is 14.6 Å². The molecule has 0 aliphatic rings. The number of benzene rings is 1. The molecule has 0 spiro atoms. The summed E-state index contributed by atoms with van der Waals surface area (Å²) in [6.07, 6.45) is -5.49. The number of aliphatic hydroxyl groups is 1. The van der Waals surface area contributed by atoms with Crippen LogP contribution in [0.3, 0.4) is 0 Å². The van der Waals surface area contributed by atoms with Gasteiger partial charge in [0.05, 0.1) is 0 Å². The Labute approximate surface area is 126 Å². The Hall–Kier alpha value is -1.96. The minimum Gasteiger partial charge on any atom is -0.444 e. The molecule has 0 saturated carbocycles. The lowest BCUT2D eigenvalue weighted by Crippen LogP contribution is -2.27. The number of alkyl halides is 3. The van der Waals surface area contributed by atoms with Gasteiger partial charge in [-0.15, -0.1) is 13.2 Å². The van der Waals surface area contributed by atoms with Crippen molar-refractivity contribution in [2.24, 2.45) is 0 Å². The van der Waals surface area contributed by atoms with Crippen LogP contribution in [0.1, 0.15) is 26.3 Å². The summed E-state index contributed by atoms with van der Waals surface area (Å²) in [6.45, 7) is 4.75. The lowest BCUT2D eigenvalue weighted by Gasteiger charge is -2.20. The summed E-state index contributed by atoms with van der Waals surface area (Å²) >= 11 is 0. The topological polar surface area (TPSA) is 67.8 Å². The first-order chi connectivity index (χ1) is 10.00. The van der Waals surface area contributed by atoms with E-state index >= 15 is 0 Å². The van der Waals surface area contributed by atoms with E-state index in [1.54, 1.807) is 20.8 Å². The van der Waals surface area contributed by atoms with Gasteiger partial charge in [0.2, 0.25) is 0 Å². The molecule has 0 heterocycles. The van der Waals surface area contributed by atoms with E-state index < -0.39 is 23.8 Å². The van der Waals surface area contributed by atoms with Crippen LogP contribution in [0.15, 0.2) is 18.2 Å². The Morgan fingerprint density at radius 1 is 1.27 bits per heavy atom. The monoisotopic (exact) mass is 321 g/mol. The second kappa shape index (κ2) is 6.87. The first kappa shape index (κ1) is 18.1. The summed E-state index contributed by atoms with van der Waals surface area (Å²) in [7, 11) is 0. The number of aliphatic hydroxyl groups excluding tert-OH is 1. The Morgan fingerprint density at radius 3 is 2.41 bits per heavy atom. The minimum absolute atomic E-state index is 0.0557. The van der Waals surface area contributed by atoms with E-state index in [-0.39, 0.29) is 18.7 Å². The van der Waals surface area contributed by atoms with Crippen LogP contribution in [0.4, 0.5) is 23.7 Å². The van der Waals surface area contributed by atoms with Gasteiger partial charge in [0.1, 0.15) is 11.4 Å². The SMILES string of the molecule is CC(C)(C)OC(=O)Nc1ccc(OC(F)(F)F)cc1CCO. The number of ether oxygens (including phenoxy) is 2. The van der Waals surface area contributed by atoms with E-state index in [1.165, 1.54) is 6.07 Å². The van der Waals surface area contributed by atoms with Crippen molar-refractivity contribution >= 4 is 11.8 Å². The van der Waals surface area contributed by atoms with Crippen LogP contribution in [0.5, 0.6) is 5.75 Å². The van der Waals surface area contributed by atoms with Crippen molar-refractivity contribution < 1.29 is 32.5 Å². The molecule has 0 saturated heterocycles. The molecule has 1 rings (SSSR count). The fraction of sp³-hybridized carbons (Fsp3) is 0.500. The van der Waals surface area contributed by atoms with Gasteiger partial charge in [0.25, 0.3) is 0 Å². The number of rotatable bonds is 4. The fourth-order valence-electron chi connectivity index (χ4n) is 1.63. The Bertz CT molecular complexity index is 524. The number of nitrogens with one attached hydrogen (secondary N) is 1.